The minimum absolute atomic E-state index is 0.0461. The maximum absolute atomic E-state index is 11.4. The van der Waals surface area contributed by atoms with Crippen LogP contribution < -0.4 is 10.6 Å². The third kappa shape index (κ3) is 1.85. The van der Waals surface area contributed by atoms with Crippen molar-refractivity contribution in [2.75, 3.05) is 17.2 Å². The SMILES string of the molecule is Nc1nc(Br)ccc1N1CC(=O)CC1=O. The molecule has 1 aromatic heterocycles. The predicted molar refractivity (Wildman–Crippen MR) is 58.3 cm³/mol. The van der Waals surface area contributed by atoms with Gasteiger partial charge in [0.1, 0.15) is 10.4 Å². The zero-order valence-electron chi connectivity index (χ0n) is 7.74. The fourth-order valence-electron chi connectivity index (χ4n) is 1.47. The van der Waals surface area contributed by atoms with E-state index in [0.717, 1.165) is 0 Å². The summed E-state index contributed by atoms with van der Waals surface area (Å²) >= 11 is 3.17. The summed E-state index contributed by atoms with van der Waals surface area (Å²) in [4.78, 5) is 27.8. The predicted octanol–water partition coefficient (Wildman–Crippen LogP) is 0.732. The fourth-order valence-corrected chi connectivity index (χ4v) is 1.80. The van der Waals surface area contributed by atoms with Crippen LogP contribution in [0.4, 0.5) is 11.5 Å². The Kier molecular flexibility index (Phi) is 2.44. The van der Waals surface area contributed by atoms with E-state index >= 15 is 0 Å². The monoisotopic (exact) mass is 269 g/mol. The van der Waals surface area contributed by atoms with Crippen molar-refractivity contribution in [3.8, 4) is 0 Å². The van der Waals surface area contributed by atoms with Crippen LogP contribution in [0.3, 0.4) is 0 Å². The molecule has 0 atom stereocenters. The summed E-state index contributed by atoms with van der Waals surface area (Å²) in [6.07, 6.45) is -0.0461. The van der Waals surface area contributed by atoms with Crippen LogP contribution in [-0.2, 0) is 9.59 Å². The molecule has 0 radical (unpaired) electrons. The molecule has 0 saturated carbocycles. The van der Waals surface area contributed by atoms with Crippen molar-refractivity contribution in [3.05, 3.63) is 16.7 Å². The highest BCUT2D eigenvalue weighted by Crippen LogP contribution is 2.26. The van der Waals surface area contributed by atoms with Gasteiger partial charge in [0.05, 0.1) is 18.7 Å². The number of Topliss-reactive ketones (excluding diaryl/α,β-unsaturated/α-hetero) is 1. The van der Waals surface area contributed by atoms with Crippen molar-refractivity contribution in [2.45, 2.75) is 6.42 Å². The molecule has 1 saturated heterocycles. The second kappa shape index (κ2) is 3.62. The number of nitrogens with zero attached hydrogens (tertiary/aromatic N) is 2. The molecular formula is C9H8BrN3O2. The summed E-state index contributed by atoms with van der Waals surface area (Å²) in [5.41, 5.74) is 6.16. The summed E-state index contributed by atoms with van der Waals surface area (Å²) < 4.78 is 0.599. The van der Waals surface area contributed by atoms with Crippen LogP contribution in [0.5, 0.6) is 0 Å². The topological polar surface area (TPSA) is 76.3 Å². The van der Waals surface area contributed by atoms with Gasteiger partial charge in [0.15, 0.2) is 5.78 Å². The average molecular weight is 270 g/mol. The number of aromatic nitrogens is 1. The van der Waals surface area contributed by atoms with Gasteiger partial charge in [0.25, 0.3) is 0 Å². The Morgan fingerprint density at radius 1 is 1.40 bits per heavy atom. The Hall–Kier alpha value is -1.43. The molecule has 1 aliphatic heterocycles. The van der Waals surface area contributed by atoms with Crippen molar-refractivity contribution in [1.29, 1.82) is 0 Å². The number of carbonyl (C=O) groups is 2. The van der Waals surface area contributed by atoms with Gasteiger partial charge in [0, 0.05) is 0 Å². The van der Waals surface area contributed by atoms with Crippen molar-refractivity contribution in [1.82, 2.24) is 4.98 Å². The van der Waals surface area contributed by atoms with Crippen molar-refractivity contribution < 1.29 is 9.59 Å². The Morgan fingerprint density at radius 2 is 2.13 bits per heavy atom. The lowest BCUT2D eigenvalue weighted by Gasteiger charge is -2.15. The zero-order valence-corrected chi connectivity index (χ0v) is 9.32. The molecule has 5 nitrogen and oxygen atoms in total. The number of halogens is 1. The number of amides is 1. The van der Waals surface area contributed by atoms with E-state index in [0.29, 0.717) is 10.3 Å². The molecule has 0 unspecified atom stereocenters. The number of nitrogens with two attached hydrogens (primary N) is 1. The van der Waals surface area contributed by atoms with Crippen molar-refractivity contribution in [3.63, 3.8) is 0 Å². The van der Waals surface area contributed by atoms with Gasteiger partial charge in [0.2, 0.25) is 5.91 Å². The maximum atomic E-state index is 11.4. The third-order valence-corrected chi connectivity index (χ3v) is 2.58. The quantitative estimate of drug-likeness (QED) is 0.603. The summed E-state index contributed by atoms with van der Waals surface area (Å²) in [5, 5.41) is 0. The smallest absolute Gasteiger partial charge is 0.235 e. The summed E-state index contributed by atoms with van der Waals surface area (Å²) in [7, 11) is 0. The second-order valence-corrected chi connectivity index (χ2v) is 4.05. The fraction of sp³-hybridized carbons (Fsp3) is 0.222. The van der Waals surface area contributed by atoms with E-state index in [1.54, 1.807) is 12.1 Å². The molecular weight excluding hydrogens is 262 g/mol. The highest BCUT2D eigenvalue weighted by Gasteiger charge is 2.29. The maximum Gasteiger partial charge on any atom is 0.235 e. The number of carbonyl (C=O) groups excluding carboxylic acids is 2. The molecule has 1 aliphatic rings. The molecule has 2 rings (SSSR count). The van der Waals surface area contributed by atoms with Gasteiger partial charge in [-0.1, -0.05) is 0 Å². The van der Waals surface area contributed by atoms with Gasteiger partial charge < -0.3 is 10.6 Å². The lowest BCUT2D eigenvalue weighted by molar-refractivity contribution is -0.121. The largest absolute Gasteiger partial charge is 0.382 e. The summed E-state index contributed by atoms with van der Waals surface area (Å²) in [6, 6.07) is 3.35. The molecule has 15 heavy (non-hydrogen) atoms. The van der Waals surface area contributed by atoms with E-state index in [-0.39, 0.29) is 30.5 Å². The number of hydrogen-bond acceptors (Lipinski definition) is 4. The number of pyridine rings is 1. The zero-order chi connectivity index (χ0) is 11.0. The number of nitrogen functional groups attached to an aromatic ring is 1. The Bertz CT molecular complexity index is 447. The van der Waals surface area contributed by atoms with Gasteiger partial charge in [-0.05, 0) is 28.1 Å². The number of ketones is 1. The second-order valence-electron chi connectivity index (χ2n) is 3.23. The van der Waals surface area contributed by atoms with E-state index in [1.165, 1.54) is 4.90 Å². The van der Waals surface area contributed by atoms with Crippen LogP contribution in [-0.4, -0.2) is 23.2 Å². The molecule has 1 aromatic rings. The highest BCUT2D eigenvalue weighted by atomic mass is 79.9. The van der Waals surface area contributed by atoms with E-state index in [9.17, 15) is 9.59 Å². The molecule has 0 spiro atoms. The van der Waals surface area contributed by atoms with Crippen LogP contribution in [0.1, 0.15) is 6.42 Å². The van der Waals surface area contributed by atoms with Crippen LogP contribution in [0.15, 0.2) is 16.7 Å². The Morgan fingerprint density at radius 3 is 2.67 bits per heavy atom. The van der Waals surface area contributed by atoms with Crippen molar-refractivity contribution >= 4 is 39.1 Å². The van der Waals surface area contributed by atoms with Crippen LogP contribution in [0.2, 0.25) is 0 Å². The van der Waals surface area contributed by atoms with Gasteiger partial charge in [-0.25, -0.2) is 4.98 Å². The normalized spacial score (nSPS) is 16.2. The lowest BCUT2D eigenvalue weighted by Crippen LogP contribution is -2.25. The van der Waals surface area contributed by atoms with Gasteiger partial charge in [-0.2, -0.15) is 0 Å². The molecule has 6 heteroatoms. The molecule has 0 bridgehead atoms. The first-order chi connectivity index (χ1) is 7.08. The molecule has 1 amide bonds. The van der Waals surface area contributed by atoms with E-state index < -0.39 is 0 Å². The average Bonchev–Trinajstić information content (AvgIpc) is 2.45. The lowest BCUT2D eigenvalue weighted by atomic mass is 10.3. The van der Waals surface area contributed by atoms with E-state index in [1.807, 2.05) is 0 Å². The molecule has 0 aliphatic carbocycles. The molecule has 2 N–H and O–H groups in total. The molecule has 2 heterocycles. The summed E-state index contributed by atoms with van der Waals surface area (Å²) in [6.45, 7) is 0.0896. The first kappa shape index (κ1) is 10.1. The highest BCUT2D eigenvalue weighted by molar-refractivity contribution is 9.10. The van der Waals surface area contributed by atoms with E-state index in [4.69, 9.17) is 5.73 Å². The number of hydrogen-bond donors (Lipinski definition) is 1. The first-order valence-electron chi connectivity index (χ1n) is 4.32. The summed E-state index contributed by atoms with van der Waals surface area (Å²) in [5.74, 6) is -0.0782. The molecule has 78 valence electrons. The standard InChI is InChI=1S/C9H8BrN3O2/c10-7-2-1-6(9(11)12-7)13-4-5(14)3-8(13)15/h1-2H,3-4H2,(H2,11,12). The Balaban J connectivity index is 2.38. The third-order valence-electron chi connectivity index (χ3n) is 2.14. The molecule has 0 aromatic carbocycles. The van der Waals surface area contributed by atoms with Gasteiger partial charge in [-0.3, -0.25) is 9.59 Å². The van der Waals surface area contributed by atoms with E-state index in [2.05, 4.69) is 20.9 Å². The van der Waals surface area contributed by atoms with Crippen LogP contribution >= 0.6 is 15.9 Å². The Labute approximate surface area is 94.4 Å². The van der Waals surface area contributed by atoms with Crippen LogP contribution in [0, 0.1) is 0 Å². The minimum atomic E-state index is -0.226. The number of rotatable bonds is 1. The van der Waals surface area contributed by atoms with Gasteiger partial charge in [-0.15, -0.1) is 0 Å². The first-order valence-corrected chi connectivity index (χ1v) is 5.11. The molecule has 1 fully saturated rings. The minimum Gasteiger partial charge on any atom is -0.382 e. The number of anilines is 2. The van der Waals surface area contributed by atoms with Gasteiger partial charge >= 0.3 is 0 Å². The van der Waals surface area contributed by atoms with Crippen LogP contribution in [0.25, 0.3) is 0 Å². The van der Waals surface area contributed by atoms with Crippen molar-refractivity contribution in [2.24, 2.45) is 0 Å².